The van der Waals surface area contributed by atoms with Crippen molar-refractivity contribution in [1.82, 2.24) is 10.2 Å². The summed E-state index contributed by atoms with van der Waals surface area (Å²) < 4.78 is 10.9. The second-order valence-electron chi connectivity index (χ2n) is 4.18. The van der Waals surface area contributed by atoms with Gasteiger partial charge in [-0.2, -0.15) is 0 Å². The molecule has 0 amide bonds. The quantitative estimate of drug-likeness (QED) is 0.892. The third-order valence-electron chi connectivity index (χ3n) is 2.87. The summed E-state index contributed by atoms with van der Waals surface area (Å²) in [6.07, 6.45) is 0.583. The molecule has 0 aliphatic rings. The minimum absolute atomic E-state index is 0.471. The van der Waals surface area contributed by atoms with E-state index in [1.165, 1.54) is 0 Å². The van der Waals surface area contributed by atoms with Gasteiger partial charge in [0.1, 0.15) is 5.75 Å². The molecule has 0 spiro atoms. The van der Waals surface area contributed by atoms with Gasteiger partial charge < -0.3 is 14.9 Å². The van der Waals surface area contributed by atoms with E-state index in [4.69, 9.17) is 14.9 Å². The highest BCUT2D eigenvalue weighted by molar-refractivity contribution is 5.64. The highest BCUT2D eigenvalue weighted by Crippen LogP contribution is 2.31. The van der Waals surface area contributed by atoms with Crippen molar-refractivity contribution < 1.29 is 9.15 Å². The maximum absolute atomic E-state index is 5.57. The minimum atomic E-state index is 0.471. The molecule has 1 aromatic heterocycles. The predicted molar refractivity (Wildman–Crippen MR) is 68.5 cm³/mol. The summed E-state index contributed by atoms with van der Waals surface area (Å²) in [7, 11) is 1.63. The average Bonchev–Trinajstić information content (AvgIpc) is 2.81. The molecule has 0 fully saturated rings. The lowest BCUT2D eigenvalue weighted by Gasteiger charge is -2.08. The van der Waals surface area contributed by atoms with Gasteiger partial charge in [0.05, 0.1) is 12.7 Å². The molecule has 2 aromatic rings. The molecule has 1 aromatic carbocycles. The topological polar surface area (TPSA) is 74.2 Å². The summed E-state index contributed by atoms with van der Waals surface area (Å²) in [6.45, 7) is 4.57. The van der Waals surface area contributed by atoms with E-state index >= 15 is 0 Å². The van der Waals surface area contributed by atoms with E-state index in [-0.39, 0.29) is 0 Å². The van der Waals surface area contributed by atoms with Gasteiger partial charge in [-0.05, 0) is 37.1 Å². The Hall–Kier alpha value is -1.88. The number of methoxy groups -OCH3 is 1. The summed E-state index contributed by atoms with van der Waals surface area (Å²) in [5, 5.41) is 7.99. The van der Waals surface area contributed by atoms with Crippen molar-refractivity contribution in [2.45, 2.75) is 20.3 Å². The Morgan fingerprint density at radius 3 is 2.61 bits per heavy atom. The fourth-order valence-corrected chi connectivity index (χ4v) is 1.71. The molecule has 2 N–H and O–H groups in total. The molecular formula is C13H17N3O2. The van der Waals surface area contributed by atoms with E-state index in [0.29, 0.717) is 24.7 Å². The second-order valence-corrected chi connectivity index (χ2v) is 4.18. The Morgan fingerprint density at radius 1 is 1.22 bits per heavy atom. The van der Waals surface area contributed by atoms with E-state index in [0.717, 1.165) is 22.4 Å². The molecule has 18 heavy (non-hydrogen) atoms. The number of benzene rings is 1. The molecule has 0 aliphatic heterocycles. The highest BCUT2D eigenvalue weighted by atomic mass is 16.5. The number of rotatable bonds is 4. The van der Waals surface area contributed by atoms with Crippen molar-refractivity contribution in [2.24, 2.45) is 5.73 Å². The predicted octanol–water partition coefficient (Wildman–Crippen LogP) is 1.86. The zero-order chi connectivity index (χ0) is 13.1. The Bertz CT molecular complexity index is 549. The maximum Gasteiger partial charge on any atom is 0.251 e. The van der Waals surface area contributed by atoms with E-state index in [2.05, 4.69) is 10.2 Å². The van der Waals surface area contributed by atoms with Crippen LogP contribution in [0.5, 0.6) is 5.75 Å². The average molecular weight is 247 g/mol. The fraction of sp³-hybridized carbons (Fsp3) is 0.385. The molecule has 0 unspecified atom stereocenters. The Morgan fingerprint density at radius 2 is 1.94 bits per heavy atom. The standard InChI is InChI=1S/C13H17N3O2/c1-8-6-10(11(17-3)7-9(8)2)13-16-15-12(18-13)4-5-14/h6-7H,4-5,14H2,1-3H3. The molecule has 0 atom stereocenters. The summed E-state index contributed by atoms with van der Waals surface area (Å²) >= 11 is 0. The summed E-state index contributed by atoms with van der Waals surface area (Å²) in [6, 6.07) is 3.96. The maximum atomic E-state index is 5.57. The van der Waals surface area contributed by atoms with E-state index in [9.17, 15) is 0 Å². The fourth-order valence-electron chi connectivity index (χ4n) is 1.71. The monoisotopic (exact) mass is 247 g/mol. The SMILES string of the molecule is COc1cc(C)c(C)cc1-c1nnc(CCN)o1. The normalized spacial score (nSPS) is 10.7. The number of nitrogens with zero attached hydrogens (tertiary/aromatic N) is 2. The Balaban J connectivity index is 2.45. The molecular weight excluding hydrogens is 230 g/mol. The molecule has 2 rings (SSSR count). The van der Waals surface area contributed by atoms with Gasteiger partial charge in [-0.3, -0.25) is 0 Å². The van der Waals surface area contributed by atoms with Crippen molar-refractivity contribution in [3.8, 4) is 17.2 Å². The first-order valence-electron chi connectivity index (χ1n) is 5.83. The first kappa shape index (κ1) is 12.6. The number of aromatic nitrogens is 2. The number of ether oxygens (including phenoxy) is 1. The lowest BCUT2D eigenvalue weighted by Crippen LogP contribution is -2.02. The van der Waals surface area contributed by atoms with Crippen LogP contribution in [0, 0.1) is 13.8 Å². The van der Waals surface area contributed by atoms with Crippen molar-refractivity contribution in [2.75, 3.05) is 13.7 Å². The van der Waals surface area contributed by atoms with Crippen molar-refractivity contribution in [3.05, 3.63) is 29.2 Å². The van der Waals surface area contributed by atoms with Crippen molar-refractivity contribution in [3.63, 3.8) is 0 Å². The lowest BCUT2D eigenvalue weighted by molar-refractivity contribution is 0.413. The molecule has 5 nitrogen and oxygen atoms in total. The van der Waals surface area contributed by atoms with Crippen LogP contribution < -0.4 is 10.5 Å². The number of aryl methyl sites for hydroxylation is 2. The molecule has 96 valence electrons. The highest BCUT2D eigenvalue weighted by Gasteiger charge is 2.14. The molecule has 0 saturated heterocycles. The van der Waals surface area contributed by atoms with Gasteiger partial charge in [-0.1, -0.05) is 0 Å². The molecule has 1 heterocycles. The van der Waals surface area contributed by atoms with Gasteiger partial charge in [0.15, 0.2) is 0 Å². The summed E-state index contributed by atoms with van der Waals surface area (Å²) in [4.78, 5) is 0. The van der Waals surface area contributed by atoms with Crippen molar-refractivity contribution >= 4 is 0 Å². The zero-order valence-electron chi connectivity index (χ0n) is 10.9. The Kier molecular flexibility index (Phi) is 3.62. The molecule has 5 heteroatoms. The van der Waals surface area contributed by atoms with Crippen LogP contribution in [0.1, 0.15) is 17.0 Å². The van der Waals surface area contributed by atoms with Crippen LogP contribution in [0.15, 0.2) is 16.5 Å². The number of nitrogens with two attached hydrogens (primary N) is 1. The van der Waals surface area contributed by atoms with Crippen LogP contribution in [0.25, 0.3) is 11.5 Å². The largest absolute Gasteiger partial charge is 0.496 e. The van der Waals surface area contributed by atoms with Gasteiger partial charge in [0.2, 0.25) is 5.89 Å². The van der Waals surface area contributed by atoms with Gasteiger partial charge in [0, 0.05) is 13.0 Å². The molecule has 0 radical (unpaired) electrons. The van der Waals surface area contributed by atoms with Crippen LogP contribution in [-0.4, -0.2) is 23.9 Å². The van der Waals surface area contributed by atoms with Gasteiger partial charge in [-0.15, -0.1) is 10.2 Å². The van der Waals surface area contributed by atoms with Crippen molar-refractivity contribution in [1.29, 1.82) is 0 Å². The van der Waals surface area contributed by atoms with Crippen LogP contribution in [0.3, 0.4) is 0 Å². The van der Waals surface area contributed by atoms with Gasteiger partial charge >= 0.3 is 0 Å². The summed E-state index contributed by atoms with van der Waals surface area (Å²) in [5.41, 5.74) is 8.59. The Labute approximate surface area is 106 Å². The van der Waals surface area contributed by atoms with E-state index in [1.54, 1.807) is 7.11 Å². The smallest absolute Gasteiger partial charge is 0.251 e. The zero-order valence-corrected chi connectivity index (χ0v) is 10.9. The van der Waals surface area contributed by atoms with Crippen LogP contribution in [-0.2, 0) is 6.42 Å². The van der Waals surface area contributed by atoms with Gasteiger partial charge in [0.25, 0.3) is 5.89 Å². The molecule has 0 bridgehead atoms. The number of hydrogen-bond donors (Lipinski definition) is 1. The first-order valence-corrected chi connectivity index (χ1v) is 5.83. The molecule has 0 aliphatic carbocycles. The second kappa shape index (κ2) is 5.18. The van der Waals surface area contributed by atoms with Crippen LogP contribution in [0.2, 0.25) is 0 Å². The molecule has 0 saturated carbocycles. The lowest BCUT2D eigenvalue weighted by atomic mass is 10.1. The number of hydrogen-bond acceptors (Lipinski definition) is 5. The summed E-state index contributed by atoms with van der Waals surface area (Å²) in [5.74, 6) is 1.76. The van der Waals surface area contributed by atoms with Crippen LogP contribution in [0.4, 0.5) is 0 Å². The van der Waals surface area contributed by atoms with Gasteiger partial charge in [-0.25, -0.2) is 0 Å². The minimum Gasteiger partial charge on any atom is -0.496 e. The first-order chi connectivity index (χ1) is 8.65. The van der Waals surface area contributed by atoms with Crippen LogP contribution >= 0.6 is 0 Å². The van der Waals surface area contributed by atoms with E-state index < -0.39 is 0 Å². The van der Waals surface area contributed by atoms with E-state index in [1.807, 2.05) is 26.0 Å². The third kappa shape index (κ3) is 2.36. The third-order valence-corrected chi connectivity index (χ3v) is 2.87.